The van der Waals surface area contributed by atoms with Gasteiger partial charge in [0.25, 0.3) is 5.91 Å². The highest BCUT2D eigenvalue weighted by Crippen LogP contribution is 2.14. The molecule has 1 unspecified atom stereocenters. The first kappa shape index (κ1) is 12.1. The fourth-order valence-corrected chi connectivity index (χ4v) is 1.67. The summed E-state index contributed by atoms with van der Waals surface area (Å²) in [5.74, 6) is 0.492. The van der Waals surface area contributed by atoms with E-state index >= 15 is 0 Å². The lowest BCUT2D eigenvalue weighted by atomic mass is 10.3. The molecule has 0 aliphatic carbocycles. The highest BCUT2D eigenvalue weighted by molar-refractivity contribution is 5.93. The van der Waals surface area contributed by atoms with Crippen molar-refractivity contribution in [2.24, 2.45) is 0 Å². The van der Waals surface area contributed by atoms with Crippen LogP contribution in [0.2, 0.25) is 0 Å². The first-order valence-electron chi connectivity index (χ1n) is 5.72. The largest absolute Gasteiger partial charge is 0.376 e. The van der Waals surface area contributed by atoms with E-state index in [1.165, 1.54) is 0 Å². The van der Waals surface area contributed by atoms with Crippen molar-refractivity contribution in [1.29, 1.82) is 0 Å². The maximum Gasteiger partial charge on any atom is 0.257 e. The van der Waals surface area contributed by atoms with Gasteiger partial charge in [-0.2, -0.15) is 5.10 Å². The third-order valence-corrected chi connectivity index (χ3v) is 2.52. The lowest BCUT2D eigenvalue weighted by Crippen LogP contribution is -2.39. The molecule has 2 heterocycles. The Balaban J connectivity index is 1.99. The number of anilines is 1. The molecule has 0 aromatic carbocycles. The van der Waals surface area contributed by atoms with Crippen LogP contribution in [0.1, 0.15) is 19.9 Å². The molecule has 2 rings (SSSR count). The minimum atomic E-state index is -0.528. The maximum absolute atomic E-state index is 11.9. The van der Waals surface area contributed by atoms with Crippen molar-refractivity contribution in [2.45, 2.75) is 26.0 Å². The second-order valence-electron chi connectivity index (χ2n) is 4.18. The van der Waals surface area contributed by atoms with Crippen LogP contribution >= 0.6 is 0 Å². The molecular weight excluding hydrogens is 222 g/mol. The van der Waals surface area contributed by atoms with Crippen LogP contribution < -0.4 is 5.32 Å². The molecule has 1 amide bonds. The highest BCUT2D eigenvalue weighted by Gasteiger charge is 2.23. The number of carbonyl (C=O) groups is 1. The van der Waals surface area contributed by atoms with Crippen LogP contribution in [0.3, 0.4) is 0 Å². The molecule has 0 saturated carbocycles. The van der Waals surface area contributed by atoms with Gasteiger partial charge in [0, 0.05) is 12.1 Å². The van der Waals surface area contributed by atoms with Gasteiger partial charge in [0.2, 0.25) is 0 Å². The van der Waals surface area contributed by atoms with E-state index in [0.717, 1.165) is 0 Å². The molecular formula is C11H17N3O3. The number of nitrogens with zero attached hydrogens (tertiary/aromatic N) is 2. The fraction of sp³-hybridized carbons (Fsp3) is 0.636. The number of carbonyl (C=O) groups excluding carboxylic acids is 1. The number of nitrogens with one attached hydrogen (secondary N) is 1. The molecule has 0 bridgehead atoms. The third kappa shape index (κ3) is 2.83. The average Bonchev–Trinajstić information content (AvgIpc) is 2.78. The molecule has 0 spiro atoms. The number of amides is 1. The Bertz CT molecular complexity index is 383. The van der Waals surface area contributed by atoms with Crippen molar-refractivity contribution in [3.63, 3.8) is 0 Å². The Labute approximate surface area is 99.9 Å². The molecule has 17 heavy (non-hydrogen) atoms. The minimum Gasteiger partial charge on any atom is -0.376 e. The molecule has 6 heteroatoms. The zero-order chi connectivity index (χ0) is 12.3. The minimum absolute atomic E-state index is 0.188. The second kappa shape index (κ2) is 5.29. The molecule has 1 fully saturated rings. The van der Waals surface area contributed by atoms with Gasteiger partial charge in [-0.25, -0.2) is 4.68 Å². The van der Waals surface area contributed by atoms with Gasteiger partial charge >= 0.3 is 0 Å². The molecule has 6 nitrogen and oxygen atoms in total. The van der Waals surface area contributed by atoms with Crippen molar-refractivity contribution in [3.8, 4) is 0 Å². The Hall–Kier alpha value is -1.40. The average molecular weight is 239 g/mol. The zero-order valence-electron chi connectivity index (χ0n) is 10.0. The van der Waals surface area contributed by atoms with Crippen molar-refractivity contribution >= 4 is 11.7 Å². The van der Waals surface area contributed by atoms with Gasteiger partial charge in [0.15, 0.2) is 6.10 Å². The van der Waals surface area contributed by atoms with Crippen molar-refractivity contribution in [3.05, 3.63) is 12.3 Å². The van der Waals surface area contributed by atoms with Crippen LogP contribution in [0, 0.1) is 0 Å². The van der Waals surface area contributed by atoms with Crippen LogP contribution in [0.4, 0.5) is 5.82 Å². The second-order valence-corrected chi connectivity index (χ2v) is 4.18. The summed E-state index contributed by atoms with van der Waals surface area (Å²) in [6.45, 7) is 5.32. The normalized spacial score (nSPS) is 20.5. The topological polar surface area (TPSA) is 65.4 Å². The Morgan fingerprint density at radius 1 is 1.59 bits per heavy atom. The fourth-order valence-electron chi connectivity index (χ4n) is 1.67. The number of ether oxygens (including phenoxy) is 2. The Kier molecular flexibility index (Phi) is 3.75. The molecule has 1 N–H and O–H groups in total. The van der Waals surface area contributed by atoms with Crippen LogP contribution in [0.25, 0.3) is 0 Å². The summed E-state index contributed by atoms with van der Waals surface area (Å²) in [5, 5.41) is 6.94. The molecule has 1 saturated heterocycles. The summed E-state index contributed by atoms with van der Waals surface area (Å²) in [6, 6.07) is 1.96. The predicted molar refractivity (Wildman–Crippen MR) is 61.8 cm³/mol. The standard InChI is InChI=1S/C11H17N3O3/c1-8(2)14-10(3-4-12-14)13-11(15)9-7-16-5-6-17-9/h3-4,8-9H,5-7H2,1-2H3,(H,13,15). The number of rotatable bonds is 3. The lowest BCUT2D eigenvalue weighted by Gasteiger charge is -2.22. The van der Waals surface area contributed by atoms with Crippen LogP contribution in [0.5, 0.6) is 0 Å². The highest BCUT2D eigenvalue weighted by atomic mass is 16.6. The van der Waals surface area contributed by atoms with Crippen molar-refractivity contribution in [1.82, 2.24) is 9.78 Å². The van der Waals surface area contributed by atoms with E-state index in [-0.39, 0.29) is 11.9 Å². The number of aromatic nitrogens is 2. The van der Waals surface area contributed by atoms with Crippen molar-refractivity contribution in [2.75, 3.05) is 25.1 Å². The zero-order valence-corrected chi connectivity index (χ0v) is 10.0. The van der Waals surface area contributed by atoms with E-state index in [4.69, 9.17) is 9.47 Å². The van der Waals surface area contributed by atoms with Crippen LogP contribution in [-0.4, -0.2) is 41.6 Å². The van der Waals surface area contributed by atoms with Gasteiger partial charge in [-0.05, 0) is 13.8 Å². The van der Waals surface area contributed by atoms with Gasteiger partial charge in [-0.15, -0.1) is 0 Å². The molecule has 0 radical (unpaired) electrons. The van der Waals surface area contributed by atoms with Gasteiger partial charge in [-0.1, -0.05) is 0 Å². The SMILES string of the molecule is CC(C)n1nccc1NC(=O)C1COCCO1. The maximum atomic E-state index is 11.9. The van der Waals surface area contributed by atoms with E-state index in [0.29, 0.717) is 25.6 Å². The molecule has 1 aliphatic heterocycles. The van der Waals surface area contributed by atoms with Gasteiger partial charge < -0.3 is 14.8 Å². The number of hydrogen-bond donors (Lipinski definition) is 1. The van der Waals surface area contributed by atoms with E-state index in [2.05, 4.69) is 10.4 Å². The van der Waals surface area contributed by atoms with E-state index < -0.39 is 6.10 Å². The first-order chi connectivity index (χ1) is 8.18. The Morgan fingerprint density at radius 2 is 2.41 bits per heavy atom. The molecule has 1 aromatic heterocycles. The summed E-state index contributed by atoms with van der Waals surface area (Å²) in [6.07, 6.45) is 1.13. The van der Waals surface area contributed by atoms with Crippen LogP contribution in [-0.2, 0) is 14.3 Å². The predicted octanol–water partition coefficient (Wildman–Crippen LogP) is 0.818. The van der Waals surface area contributed by atoms with Gasteiger partial charge in [-0.3, -0.25) is 4.79 Å². The summed E-state index contributed by atoms with van der Waals surface area (Å²) < 4.78 is 12.3. The van der Waals surface area contributed by atoms with Crippen LogP contribution in [0.15, 0.2) is 12.3 Å². The quantitative estimate of drug-likeness (QED) is 0.848. The van der Waals surface area contributed by atoms with E-state index in [9.17, 15) is 4.79 Å². The Morgan fingerprint density at radius 3 is 3.06 bits per heavy atom. The van der Waals surface area contributed by atoms with E-state index in [1.807, 2.05) is 13.8 Å². The van der Waals surface area contributed by atoms with Crippen molar-refractivity contribution < 1.29 is 14.3 Å². The summed E-state index contributed by atoms with van der Waals surface area (Å²) >= 11 is 0. The smallest absolute Gasteiger partial charge is 0.257 e. The summed E-state index contributed by atoms with van der Waals surface area (Å²) in [5.41, 5.74) is 0. The monoisotopic (exact) mass is 239 g/mol. The van der Waals surface area contributed by atoms with Gasteiger partial charge in [0.1, 0.15) is 5.82 Å². The molecule has 1 atom stereocenters. The third-order valence-electron chi connectivity index (χ3n) is 2.52. The molecule has 1 aliphatic rings. The van der Waals surface area contributed by atoms with E-state index in [1.54, 1.807) is 16.9 Å². The number of hydrogen-bond acceptors (Lipinski definition) is 4. The van der Waals surface area contributed by atoms with Gasteiger partial charge in [0.05, 0.1) is 26.0 Å². The first-order valence-corrected chi connectivity index (χ1v) is 5.72. The molecule has 1 aromatic rings. The summed E-state index contributed by atoms with van der Waals surface area (Å²) in [7, 11) is 0. The molecule has 94 valence electrons. The summed E-state index contributed by atoms with van der Waals surface area (Å²) in [4.78, 5) is 11.9. The lowest BCUT2D eigenvalue weighted by molar-refractivity contribution is -0.142.